The molecule has 0 saturated heterocycles. The van der Waals surface area contributed by atoms with Crippen LogP contribution in [-0.2, 0) is 26.2 Å². The standard InChI is InChI=1S/C30H30N2Si.2ClH.Zr/c1-21-19-27-25(15-17-31(27)23-11-7-5-8-12-23)29(21)33(3,4)30-22(2)20-28-26(30)16-18-32(28)24-13-9-6-10-14-24;;;/h5-20,29-30H,1-4H3;2*1H;/q;;;+2/p-2. The third-order valence-electron chi connectivity index (χ3n) is 7.74. The quantitative estimate of drug-likeness (QED) is 0.313. The predicted octanol–water partition coefficient (Wildman–Crippen LogP) is 1.76. The Hall–Kier alpha value is -1.84. The van der Waals surface area contributed by atoms with Gasteiger partial charge in [0.1, 0.15) is 0 Å². The molecule has 2 heterocycles. The minimum absolute atomic E-state index is 0. The molecule has 0 spiro atoms. The molecule has 0 aliphatic heterocycles. The molecule has 2 aliphatic rings. The molecular weight excluding hydrogens is 579 g/mol. The monoisotopic (exact) mass is 606 g/mol. The summed E-state index contributed by atoms with van der Waals surface area (Å²) in [5, 5.41) is 0. The van der Waals surface area contributed by atoms with Gasteiger partial charge in [-0.25, -0.2) is 0 Å². The summed E-state index contributed by atoms with van der Waals surface area (Å²) in [4.78, 5) is 0. The zero-order chi connectivity index (χ0) is 22.7. The predicted molar refractivity (Wildman–Crippen MR) is 142 cm³/mol. The molecule has 2 aliphatic carbocycles. The summed E-state index contributed by atoms with van der Waals surface area (Å²) in [5.74, 6) is 0. The molecule has 36 heavy (non-hydrogen) atoms. The van der Waals surface area contributed by atoms with Crippen LogP contribution in [0.2, 0.25) is 13.1 Å². The average Bonchev–Trinajstić information content (AvgIpc) is 3.54. The van der Waals surface area contributed by atoms with Crippen LogP contribution < -0.4 is 24.8 Å². The molecule has 2 aromatic heterocycles. The summed E-state index contributed by atoms with van der Waals surface area (Å²) >= 11 is 0. The molecule has 2 atom stereocenters. The van der Waals surface area contributed by atoms with E-state index >= 15 is 0 Å². The molecule has 0 radical (unpaired) electrons. The van der Waals surface area contributed by atoms with E-state index in [9.17, 15) is 0 Å². The molecule has 2 unspecified atom stereocenters. The van der Waals surface area contributed by atoms with Gasteiger partial charge in [-0.1, -0.05) is 60.6 Å². The fourth-order valence-electron chi connectivity index (χ4n) is 6.57. The van der Waals surface area contributed by atoms with E-state index in [0.717, 1.165) is 0 Å². The molecule has 2 nitrogen and oxygen atoms in total. The molecule has 0 N–H and O–H groups in total. The van der Waals surface area contributed by atoms with Crippen molar-refractivity contribution in [1.29, 1.82) is 0 Å². The summed E-state index contributed by atoms with van der Waals surface area (Å²) in [7, 11) is -1.80. The van der Waals surface area contributed by atoms with Crippen molar-refractivity contribution < 1.29 is 51.0 Å². The fourth-order valence-corrected chi connectivity index (χ4v) is 11.5. The topological polar surface area (TPSA) is 9.86 Å². The molecule has 0 saturated carbocycles. The largest absolute Gasteiger partial charge is 2.00 e. The van der Waals surface area contributed by atoms with Gasteiger partial charge in [0, 0.05) is 46.2 Å². The number of rotatable bonds is 4. The maximum atomic E-state index is 2.60. The molecule has 4 aromatic rings. The van der Waals surface area contributed by atoms with E-state index < -0.39 is 8.07 Å². The van der Waals surface area contributed by atoms with Gasteiger partial charge >= 0.3 is 26.2 Å². The van der Waals surface area contributed by atoms with Crippen LogP contribution in [-0.4, -0.2) is 17.2 Å². The second kappa shape index (κ2) is 10.9. The minimum atomic E-state index is -1.80. The molecular formula is C30H30Cl2N2SiZr. The Labute approximate surface area is 247 Å². The summed E-state index contributed by atoms with van der Waals surface area (Å²) < 4.78 is 4.72. The first-order valence-electron chi connectivity index (χ1n) is 11.9. The third-order valence-corrected chi connectivity index (χ3v) is 12.2. The molecule has 0 fully saturated rings. The normalized spacial score (nSPS) is 17.7. The second-order valence-corrected chi connectivity index (χ2v) is 15.0. The number of hydrogen-bond acceptors (Lipinski definition) is 0. The maximum absolute atomic E-state index is 2.60. The number of halogens is 2. The van der Waals surface area contributed by atoms with Crippen molar-refractivity contribution in [2.45, 2.75) is 38.0 Å². The average molecular weight is 609 g/mol. The van der Waals surface area contributed by atoms with Crippen molar-refractivity contribution in [3.63, 3.8) is 0 Å². The summed E-state index contributed by atoms with van der Waals surface area (Å²) in [6, 6.07) is 26.2. The number of nitrogens with zero attached hydrogens (tertiary/aromatic N) is 2. The van der Waals surface area contributed by atoms with Crippen LogP contribution in [0, 0.1) is 0 Å². The van der Waals surface area contributed by atoms with E-state index in [1.165, 1.54) is 45.0 Å². The van der Waals surface area contributed by atoms with E-state index in [1.54, 1.807) is 0 Å². The Morgan fingerprint density at radius 2 is 0.944 bits per heavy atom. The third kappa shape index (κ3) is 4.41. The van der Waals surface area contributed by atoms with Gasteiger partial charge < -0.3 is 33.9 Å². The van der Waals surface area contributed by atoms with Gasteiger partial charge in [0.15, 0.2) is 0 Å². The SMILES string of the molecule is CC1=Cc2c(ccn2-c2ccccc2)C1[Si](C)(C)C1C(C)=Cc2c1ccn2-c1ccccc1.[Cl-].[Cl-].[Zr+2]. The van der Waals surface area contributed by atoms with Gasteiger partial charge in [-0.2, -0.15) is 0 Å². The second-order valence-electron chi connectivity index (χ2n) is 10.2. The fraction of sp³-hybridized carbons (Fsp3) is 0.200. The number of para-hydroxylation sites is 2. The van der Waals surface area contributed by atoms with Crippen LogP contribution in [0.15, 0.2) is 96.3 Å². The van der Waals surface area contributed by atoms with Crippen LogP contribution in [0.4, 0.5) is 0 Å². The van der Waals surface area contributed by atoms with Gasteiger partial charge in [-0.3, -0.25) is 0 Å². The smallest absolute Gasteiger partial charge is 1.00 e. The first-order valence-corrected chi connectivity index (χ1v) is 15.0. The van der Waals surface area contributed by atoms with Crippen LogP contribution >= 0.6 is 0 Å². The maximum Gasteiger partial charge on any atom is 2.00 e. The molecule has 6 heteroatoms. The van der Waals surface area contributed by atoms with Crippen LogP contribution in [0.1, 0.15) is 47.4 Å². The van der Waals surface area contributed by atoms with Crippen molar-refractivity contribution in [1.82, 2.24) is 9.13 Å². The number of allylic oxidation sites excluding steroid dienone is 2. The number of fused-ring (bicyclic) bond motifs is 2. The number of benzene rings is 2. The molecule has 6 rings (SSSR count). The van der Waals surface area contributed by atoms with Crippen LogP contribution in [0.3, 0.4) is 0 Å². The first kappa shape index (κ1) is 28.7. The Balaban J connectivity index is 0.00000120. The van der Waals surface area contributed by atoms with Crippen LogP contribution in [0.5, 0.6) is 0 Å². The number of aromatic nitrogens is 2. The van der Waals surface area contributed by atoms with E-state index in [2.05, 4.69) is 133 Å². The summed E-state index contributed by atoms with van der Waals surface area (Å²) in [5.41, 5.74) is 12.3. The zero-order valence-electron chi connectivity index (χ0n) is 21.0. The van der Waals surface area contributed by atoms with E-state index in [0.29, 0.717) is 11.1 Å². The van der Waals surface area contributed by atoms with Gasteiger partial charge in [0.05, 0.1) is 8.07 Å². The van der Waals surface area contributed by atoms with Gasteiger partial charge in [-0.05, 0) is 73.5 Å². The Morgan fingerprint density at radius 3 is 1.31 bits per heavy atom. The van der Waals surface area contributed by atoms with E-state index in [4.69, 9.17) is 0 Å². The van der Waals surface area contributed by atoms with Crippen molar-refractivity contribution in [3.8, 4) is 11.4 Å². The first-order chi connectivity index (χ1) is 16.0. The summed E-state index contributed by atoms with van der Waals surface area (Å²) in [6.07, 6.45) is 9.39. The van der Waals surface area contributed by atoms with E-state index in [1.807, 2.05) is 0 Å². The van der Waals surface area contributed by atoms with Crippen molar-refractivity contribution in [2.75, 3.05) is 0 Å². The molecule has 182 valence electrons. The van der Waals surface area contributed by atoms with Crippen molar-refractivity contribution in [2.24, 2.45) is 0 Å². The van der Waals surface area contributed by atoms with Gasteiger partial charge in [-0.15, -0.1) is 0 Å². The Kier molecular flexibility index (Phi) is 8.68. The Bertz CT molecular complexity index is 1310. The van der Waals surface area contributed by atoms with Crippen molar-refractivity contribution in [3.05, 3.63) is 119 Å². The minimum Gasteiger partial charge on any atom is -1.00 e. The van der Waals surface area contributed by atoms with E-state index in [-0.39, 0.29) is 51.0 Å². The molecule has 0 amide bonds. The zero-order valence-corrected chi connectivity index (χ0v) is 26.0. The summed E-state index contributed by atoms with van der Waals surface area (Å²) in [6.45, 7) is 9.89. The van der Waals surface area contributed by atoms with Gasteiger partial charge in [0.2, 0.25) is 0 Å². The van der Waals surface area contributed by atoms with Crippen LogP contribution in [0.25, 0.3) is 23.5 Å². The van der Waals surface area contributed by atoms with Crippen molar-refractivity contribution >= 4 is 20.2 Å². The van der Waals surface area contributed by atoms with Gasteiger partial charge in [0.25, 0.3) is 0 Å². The molecule has 2 aromatic carbocycles. The molecule has 0 bridgehead atoms. The Morgan fingerprint density at radius 1 is 0.583 bits per heavy atom. The number of hydrogen-bond donors (Lipinski definition) is 0.